The molecule has 4 atom stereocenters. The third kappa shape index (κ3) is 6.39. The van der Waals surface area contributed by atoms with Crippen molar-refractivity contribution in [3.63, 3.8) is 0 Å². The maximum absolute atomic E-state index is 13.4. The first-order valence-corrected chi connectivity index (χ1v) is 14.4. The van der Waals surface area contributed by atoms with Gasteiger partial charge in [0.2, 0.25) is 5.91 Å². The van der Waals surface area contributed by atoms with Gasteiger partial charge in [-0.25, -0.2) is 0 Å². The second kappa shape index (κ2) is 12.8. The molecular formula is C31H43ClN2O3. The first-order valence-electron chi connectivity index (χ1n) is 14.0. The van der Waals surface area contributed by atoms with Crippen LogP contribution in [0.5, 0.6) is 0 Å². The van der Waals surface area contributed by atoms with E-state index >= 15 is 0 Å². The largest absolute Gasteiger partial charge is 0.385 e. The van der Waals surface area contributed by atoms with E-state index in [-0.39, 0.29) is 23.8 Å². The lowest BCUT2D eigenvalue weighted by Gasteiger charge is -2.44. The first-order chi connectivity index (χ1) is 17.9. The number of methoxy groups -OCH3 is 1. The van der Waals surface area contributed by atoms with Crippen molar-refractivity contribution < 1.29 is 14.6 Å². The summed E-state index contributed by atoms with van der Waals surface area (Å²) in [5, 5.41) is 13.3. The van der Waals surface area contributed by atoms with E-state index in [2.05, 4.69) is 31.2 Å². The van der Waals surface area contributed by atoms with Crippen LogP contribution in [-0.4, -0.2) is 48.8 Å². The zero-order valence-corrected chi connectivity index (χ0v) is 23.2. The van der Waals surface area contributed by atoms with Crippen molar-refractivity contribution in [1.82, 2.24) is 4.90 Å². The lowest BCUT2D eigenvalue weighted by Crippen LogP contribution is -2.49. The molecule has 2 aromatic rings. The molecule has 0 unspecified atom stereocenters. The van der Waals surface area contributed by atoms with E-state index in [1.165, 1.54) is 5.56 Å². The number of nitrogens with two attached hydrogens (primary N) is 1. The first kappa shape index (κ1) is 28.1. The molecule has 0 bridgehead atoms. The van der Waals surface area contributed by atoms with Crippen molar-refractivity contribution >= 4 is 17.5 Å². The van der Waals surface area contributed by atoms with Crippen LogP contribution in [-0.2, 0) is 21.6 Å². The van der Waals surface area contributed by atoms with E-state index < -0.39 is 5.60 Å². The van der Waals surface area contributed by atoms with Crippen molar-refractivity contribution in [3.8, 4) is 11.1 Å². The van der Waals surface area contributed by atoms with Crippen molar-refractivity contribution in [2.75, 3.05) is 26.8 Å². The number of carbonyl (C=O) groups excluding carboxylic acids is 1. The minimum atomic E-state index is -1.11. The predicted octanol–water partition coefficient (Wildman–Crippen LogP) is 5.94. The van der Waals surface area contributed by atoms with E-state index in [4.69, 9.17) is 22.1 Å². The Morgan fingerprint density at radius 2 is 2.00 bits per heavy atom. The van der Waals surface area contributed by atoms with E-state index in [1.807, 2.05) is 23.1 Å². The number of hydrogen-bond donors (Lipinski definition) is 2. The van der Waals surface area contributed by atoms with Gasteiger partial charge in [0.15, 0.2) is 0 Å². The Morgan fingerprint density at radius 3 is 2.73 bits per heavy atom. The van der Waals surface area contributed by atoms with E-state index in [0.29, 0.717) is 24.6 Å². The number of amides is 1. The maximum Gasteiger partial charge on any atom is 0.225 e. The molecule has 0 radical (unpaired) electrons. The number of aryl methyl sites for hydroxylation is 1. The summed E-state index contributed by atoms with van der Waals surface area (Å²) >= 11 is 6.86. The summed E-state index contributed by atoms with van der Waals surface area (Å²) in [6, 6.07) is 14.4. The fourth-order valence-corrected chi connectivity index (χ4v) is 6.67. The van der Waals surface area contributed by atoms with Gasteiger partial charge in [-0.2, -0.15) is 0 Å². The van der Waals surface area contributed by atoms with E-state index in [9.17, 15) is 9.90 Å². The number of ether oxygens (including phenoxy) is 1. The minimum Gasteiger partial charge on any atom is -0.385 e. The Labute approximate surface area is 227 Å². The third-order valence-corrected chi connectivity index (χ3v) is 8.81. The molecule has 1 saturated carbocycles. The van der Waals surface area contributed by atoms with Crippen LogP contribution in [0.1, 0.15) is 69.4 Å². The van der Waals surface area contributed by atoms with E-state index in [1.54, 1.807) is 7.11 Å². The van der Waals surface area contributed by atoms with Gasteiger partial charge >= 0.3 is 0 Å². The number of nitrogens with zero attached hydrogens (tertiary/aromatic N) is 1. The number of unbranched alkanes of at least 4 members (excludes halogenated alkanes) is 1. The number of benzene rings is 2. The highest BCUT2D eigenvalue weighted by atomic mass is 35.5. The molecule has 202 valence electrons. The molecule has 1 aliphatic heterocycles. The number of carbonyl (C=O) groups is 1. The average molecular weight is 527 g/mol. The quantitative estimate of drug-likeness (QED) is 0.376. The van der Waals surface area contributed by atoms with Crippen LogP contribution in [0.15, 0.2) is 42.5 Å². The Morgan fingerprint density at radius 1 is 1.19 bits per heavy atom. The van der Waals surface area contributed by atoms with Gasteiger partial charge in [0.05, 0.1) is 5.60 Å². The molecule has 1 amide bonds. The molecule has 6 heteroatoms. The van der Waals surface area contributed by atoms with Gasteiger partial charge < -0.3 is 20.5 Å². The average Bonchev–Trinajstić information content (AvgIpc) is 3.36. The van der Waals surface area contributed by atoms with Gasteiger partial charge in [-0.1, -0.05) is 54.9 Å². The van der Waals surface area contributed by atoms with Crippen LogP contribution in [0.2, 0.25) is 5.02 Å². The standard InChI is InChI=1S/C31H43ClN2O3/c1-3-22-9-6-10-23(19-22)29-27(12-7-13-28(29)32)31(36,16-4-5-18-37-2)25-11-8-17-34(21-25)30(35)24-14-15-26(33)20-24/h6-7,9-10,12-13,19,24-26,36H,3-5,8,11,14-18,20-21,33H2,1-2H3/t24-,25-,26+,31+/m1/s1. The molecule has 2 aromatic carbocycles. The predicted molar refractivity (Wildman–Crippen MR) is 151 cm³/mol. The summed E-state index contributed by atoms with van der Waals surface area (Å²) in [5.41, 5.74) is 9.04. The van der Waals surface area contributed by atoms with Gasteiger partial charge in [-0.15, -0.1) is 0 Å². The third-order valence-electron chi connectivity index (χ3n) is 8.49. The number of aliphatic hydroxyl groups is 1. The maximum atomic E-state index is 13.4. The second-order valence-corrected chi connectivity index (χ2v) is 11.4. The fourth-order valence-electron chi connectivity index (χ4n) is 6.39. The highest BCUT2D eigenvalue weighted by Gasteiger charge is 2.44. The molecule has 1 heterocycles. The Kier molecular flexibility index (Phi) is 9.68. The Balaban J connectivity index is 1.70. The highest BCUT2D eigenvalue weighted by molar-refractivity contribution is 6.33. The van der Waals surface area contributed by atoms with Crippen molar-refractivity contribution in [1.29, 1.82) is 0 Å². The normalized spacial score (nSPS) is 23.7. The lowest BCUT2D eigenvalue weighted by molar-refractivity contribution is -0.140. The summed E-state index contributed by atoms with van der Waals surface area (Å²) in [6.45, 7) is 4.12. The molecule has 37 heavy (non-hydrogen) atoms. The molecule has 3 N–H and O–H groups in total. The summed E-state index contributed by atoms with van der Waals surface area (Å²) in [6.07, 6.45) is 7.54. The number of rotatable bonds is 10. The van der Waals surface area contributed by atoms with Gasteiger partial charge in [-0.3, -0.25) is 4.79 Å². The SMILES string of the molecule is CCc1cccc(-c2c(Cl)cccc2[C@](O)(CCCCOC)[C@@H]2CCCN(C(=O)[C@@H]3CC[C@H](N)C3)C2)c1. The van der Waals surface area contributed by atoms with Crippen molar-refractivity contribution in [3.05, 3.63) is 58.6 Å². The summed E-state index contributed by atoms with van der Waals surface area (Å²) in [5.74, 6) is 0.151. The molecule has 5 nitrogen and oxygen atoms in total. The molecule has 1 aliphatic carbocycles. The van der Waals surface area contributed by atoms with Gasteiger partial charge in [0, 0.05) is 55.3 Å². The molecule has 2 fully saturated rings. The Hall–Kier alpha value is -1.92. The van der Waals surface area contributed by atoms with Crippen LogP contribution < -0.4 is 5.73 Å². The van der Waals surface area contributed by atoms with Gasteiger partial charge in [0.25, 0.3) is 0 Å². The molecule has 0 aromatic heterocycles. The second-order valence-electron chi connectivity index (χ2n) is 11.0. The van der Waals surface area contributed by atoms with Crippen LogP contribution >= 0.6 is 11.6 Å². The summed E-state index contributed by atoms with van der Waals surface area (Å²) < 4.78 is 5.29. The summed E-state index contributed by atoms with van der Waals surface area (Å²) in [7, 11) is 1.71. The molecule has 2 aliphatic rings. The van der Waals surface area contributed by atoms with Gasteiger partial charge in [-0.05, 0) is 80.5 Å². The number of piperidine rings is 1. The summed E-state index contributed by atoms with van der Waals surface area (Å²) in [4.78, 5) is 15.4. The van der Waals surface area contributed by atoms with E-state index in [0.717, 1.165) is 74.6 Å². The smallest absolute Gasteiger partial charge is 0.225 e. The minimum absolute atomic E-state index is 0.0158. The zero-order valence-electron chi connectivity index (χ0n) is 22.4. The van der Waals surface area contributed by atoms with Crippen molar-refractivity contribution in [2.45, 2.75) is 76.4 Å². The van der Waals surface area contributed by atoms with Crippen LogP contribution in [0.4, 0.5) is 0 Å². The number of likely N-dealkylation sites (tertiary alicyclic amines) is 1. The van der Waals surface area contributed by atoms with Crippen LogP contribution in [0.25, 0.3) is 11.1 Å². The topological polar surface area (TPSA) is 75.8 Å². The van der Waals surface area contributed by atoms with Crippen LogP contribution in [0, 0.1) is 11.8 Å². The molecule has 0 spiro atoms. The Bertz CT molecular complexity index is 1060. The highest BCUT2D eigenvalue weighted by Crippen LogP contribution is 2.46. The zero-order chi connectivity index (χ0) is 26.4. The fraction of sp³-hybridized carbons (Fsp3) is 0.581. The number of halogens is 1. The van der Waals surface area contributed by atoms with Crippen LogP contribution in [0.3, 0.4) is 0 Å². The van der Waals surface area contributed by atoms with Crippen molar-refractivity contribution in [2.24, 2.45) is 17.6 Å². The molecule has 4 rings (SSSR count). The molecular weight excluding hydrogens is 484 g/mol. The molecule has 1 saturated heterocycles. The number of hydrogen-bond acceptors (Lipinski definition) is 4. The van der Waals surface area contributed by atoms with Gasteiger partial charge in [0.1, 0.15) is 0 Å². The monoisotopic (exact) mass is 526 g/mol. The lowest BCUT2D eigenvalue weighted by atomic mass is 9.72.